The number of hydrogen-bond donors (Lipinski definition) is 2. The van der Waals surface area contributed by atoms with Crippen molar-refractivity contribution in [3.05, 3.63) is 0 Å². The third kappa shape index (κ3) is 9.89. The van der Waals surface area contributed by atoms with E-state index in [0.29, 0.717) is 6.42 Å². The molecule has 0 bridgehead atoms. The molecule has 0 aromatic rings. The Labute approximate surface area is 181 Å². The summed E-state index contributed by atoms with van der Waals surface area (Å²) in [6, 6.07) is -0.0154. The molecule has 3 atom stereocenters. The van der Waals surface area contributed by atoms with Crippen LogP contribution >= 0.6 is 0 Å². The second kappa shape index (κ2) is 12.9. The van der Waals surface area contributed by atoms with Gasteiger partial charge in [0.2, 0.25) is 5.91 Å². The third-order valence-electron chi connectivity index (χ3n) is 4.85. The maximum atomic E-state index is 13.0. The van der Waals surface area contributed by atoms with Crippen LogP contribution < -0.4 is 5.32 Å². The lowest BCUT2D eigenvalue weighted by Gasteiger charge is -2.36. The van der Waals surface area contributed by atoms with Gasteiger partial charge in [0, 0.05) is 19.1 Å². The summed E-state index contributed by atoms with van der Waals surface area (Å²) < 4.78 is 15.5. The van der Waals surface area contributed by atoms with Gasteiger partial charge in [0.15, 0.2) is 0 Å². The lowest BCUT2D eigenvalue weighted by molar-refractivity contribution is -0.166. The summed E-state index contributed by atoms with van der Waals surface area (Å²) in [6.07, 6.45) is 0.142. The highest BCUT2D eigenvalue weighted by molar-refractivity contribution is 5.83. The average molecular weight is 432 g/mol. The maximum absolute atomic E-state index is 13.0. The van der Waals surface area contributed by atoms with E-state index in [1.807, 2.05) is 20.8 Å². The van der Waals surface area contributed by atoms with Crippen molar-refractivity contribution in [3.8, 4) is 0 Å². The van der Waals surface area contributed by atoms with Crippen LogP contribution in [-0.4, -0.2) is 62.0 Å². The summed E-state index contributed by atoms with van der Waals surface area (Å²) in [6.45, 7) is 12.5. The minimum Gasteiger partial charge on any atom is -0.463 e. The molecular weight excluding hydrogens is 390 g/mol. The predicted octanol–water partition coefficient (Wildman–Crippen LogP) is 2.46. The Morgan fingerprint density at radius 1 is 1.00 bits per heavy atom. The summed E-state index contributed by atoms with van der Waals surface area (Å²) in [5, 5.41) is 12.3. The van der Waals surface area contributed by atoms with E-state index in [2.05, 4.69) is 5.32 Å². The molecule has 8 nitrogen and oxygen atoms in total. The highest BCUT2D eigenvalue weighted by Gasteiger charge is 2.46. The van der Waals surface area contributed by atoms with Crippen LogP contribution in [0.2, 0.25) is 0 Å². The van der Waals surface area contributed by atoms with Crippen molar-refractivity contribution >= 4 is 17.8 Å². The second-order valence-corrected chi connectivity index (χ2v) is 9.17. The Balaban J connectivity index is 5.63. The molecule has 0 fully saturated rings. The molecule has 3 unspecified atom stereocenters. The summed E-state index contributed by atoms with van der Waals surface area (Å²) in [5.41, 5.74) is -2.10. The summed E-state index contributed by atoms with van der Waals surface area (Å²) in [7, 11) is 1.51. The normalized spacial score (nSPS) is 15.8. The number of rotatable bonds is 14. The van der Waals surface area contributed by atoms with Crippen molar-refractivity contribution in [1.82, 2.24) is 5.32 Å². The first-order valence-electron chi connectivity index (χ1n) is 10.6. The number of methoxy groups -OCH3 is 1. The molecule has 0 aliphatic heterocycles. The molecule has 2 N–H and O–H groups in total. The molecule has 176 valence electrons. The van der Waals surface area contributed by atoms with E-state index in [1.54, 1.807) is 20.8 Å². The molecule has 1 amide bonds. The first kappa shape index (κ1) is 28.3. The van der Waals surface area contributed by atoms with E-state index in [0.717, 1.165) is 0 Å². The van der Waals surface area contributed by atoms with Crippen molar-refractivity contribution in [3.63, 3.8) is 0 Å². The first-order chi connectivity index (χ1) is 13.8. The SMILES string of the molecule is CCC(CC(C)(CC(C)(C)C(=O)OCC(C)O)C(=O)OCCOC)C(=O)NC(C)C. The van der Waals surface area contributed by atoms with Crippen LogP contribution in [-0.2, 0) is 28.6 Å². The zero-order valence-corrected chi connectivity index (χ0v) is 19.9. The van der Waals surface area contributed by atoms with Gasteiger partial charge in [-0.3, -0.25) is 14.4 Å². The smallest absolute Gasteiger partial charge is 0.311 e. The largest absolute Gasteiger partial charge is 0.463 e. The molecule has 0 heterocycles. The molecule has 0 spiro atoms. The molecule has 30 heavy (non-hydrogen) atoms. The van der Waals surface area contributed by atoms with Crippen LogP contribution in [0.4, 0.5) is 0 Å². The average Bonchev–Trinajstić information content (AvgIpc) is 2.63. The molecule has 0 aliphatic carbocycles. The number of hydrogen-bond acceptors (Lipinski definition) is 7. The number of carbonyl (C=O) groups excluding carboxylic acids is 3. The maximum Gasteiger partial charge on any atom is 0.311 e. The Hall–Kier alpha value is -1.67. The quantitative estimate of drug-likeness (QED) is 0.321. The van der Waals surface area contributed by atoms with Crippen molar-refractivity contribution in [2.45, 2.75) is 79.9 Å². The first-order valence-corrected chi connectivity index (χ1v) is 10.6. The zero-order valence-electron chi connectivity index (χ0n) is 19.9. The minimum absolute atomic E-state index is 0.0154. The fourth-order valence-electron chi connectivity index (χ4n) is 3.43. The Morgan fingerprint density at radius 3 is 2.07 bits per heavy atom. The molecule has 0 saturated heterocycles. The fourth-order valence-corrected chi connectivity index (χ4v) is 3.43. The number of carbonyl (C=O) groups is 3. The van der Waals surface area contributed by atoms with Crippen LogP contribution in [0.15, 0.2) is 0 Å². The molecule has 0 aromatic carbocycles. The van der Waals surface area contributed by atoms with Crippen LogP contribution in [0, 0.1) is 16.7 Å². The standard InChI is InChI=1S/C22H41NO7/c1-9-17(18(25)23-15(2)3)12-22(7,20(27)29-11-10-28-8)14-21(5,6)19(26)30-13-16(4)24/h15-17,24H,9-14H2,1-8H3,(H,23,25). The van der Waals surface area contributed by atoms with Crippen LogP contribution in [0.5, 0.6) is 0 Å². The highest BCUT2D eigenvalue weighted by Crippen LogP contribution is 2.41. The third-order valence-corrected chi connectivity index (χ3v) is 4.85. The molecular formula is C22H41NO7. The van der Waals surface area contributed by atoms with Gasteiger partial charge in [0.25, 0.3) is 0 Å². The van der Waals surface area contributed by atoms with Gasteiger partial charge in [0.05, 0.1) is 23.5 Å². The Morgan fingerprint density at radius 2 is 1.60 bits per heavy atom. The Kier molecular flexibility index (Phi) is 12.2. The van der Waals surface area contributed by atoms with Crippen molar-refractivity contribution in [2.75, 3.05) is 26.9 Å². The topological polar surface area (TPSA) is 111 Å². The molecule has 0 saturated carbocycles. The van der Waals surface area contributed by atoms with E-state index < -0.39 is 34.8 Å². The molecule has 0 aromatic heterocycles. The number of aliphatic hydroxyl groups excluding tert-OH is 1. The highest BCUT2D eigenvalue weighted by atomic mass is 16.6. The van der Waals surface area contributed by atoms with Gasteiger partial charge in [-0.1, -0.05) is 6.92 Å². The van der Waals surface area contributed by atoms with E-state index in [1.165, 1.54) is 14.0 Å². The van der Waals surface area contributed by atoms with Crippen LogP contribution in [0.3, 0.4) is 0 Å². The van der Waals surface area contributed by atoms with Gasteiger partial charge in [-0.05, 0) is 60.8 Å². The van der Waals surface area contributed by atoms with Crippen molar-refractivity contribution in [2.24, 2.45) is 16.7 Å². The lowest BCUT2D eigenvalue weighted by Crippen LogP contribution is -2.43. The monoisotopic (exact) mass is 431 g/mol. The second-order valence-electron chi connectivity index (χ2n) is 9.17. The van der Waals surface area contributed by atoms with Gasteiger partial charge in [0.1, 0.15) is 13.2 Å². The van der Waals surface area contributed by atoms with E-state index >= 15 is 0 Å². The van der Waals surface area contributed by atoms with E-state index in [-0.39, 0.29) is 44.6 Å². The zero-order chi connectivity index (χ0) is 23.5. The Bertz CT molecular complexity index is 560. The predicted molar refractivity (Wildman–Crippen MR) is 114 cm³/mol. The van der Waals surface area contributed by atoms with Gasteiger partial charge < -0.3 is 24.6 Å². The lowest BCUT2D eigenvalue weighted by atomic mass is 9.69. The minimum atomic E-state index is -1.09. The van der Waals surface area contributed by atoms with Crippen LogP contribution in [0.25, 0.3) is 0 Å². The van der Waals surface area contributed by atoms with Gasteiger partial charge in [-0.25, -0.2) is 0 Å². The molecule has 0 aliphatic rings. The molecule has 0 radical (unpaired) electrons. The van der Waals surface area contributed by atoms with Crippen molar-refractivity contribution in [1.29, 1.82) is 0 Å². The van der Waals surface area contributed by atoms with Crippen LogP contribution in [0.1, 0.15) is 67.7 Å². The number of nitrogens with one attached hydrogen (secondary N) is 1. The summed E-state index contributed by atoms with van der Waals surface area (Å²) in [5.74, 6) is -1.53. The van der Waals surface area contributed by atoms with E-state index in [4.69, 9.17) is 14.2 Å². The summed E-state index contributed by atoms with van der Waals surface area (Å²) >= 11 is 0. The number of aliphatic hydroxyl groups is 1. The van der Waals surface area contributed by atoms with Gasteiger partial charge >= 0.3 is 11.9 Å². The van der Waals surface area contributed by atoms with Crippen molar-refractivity contribution < 1.29 is 33.7 Å². The molecule has 8 heteroatoms. The number of ether oxygens (including phenoxy) is 3. The van der Waals surface area contributed by atoms with E-state index in [9.17, 15) is 19.5 Å². The molecule has 0 rings (SSSR count). The van der Waals surface area contributed by atoms with Gasteiger partial charge in [-0.2, -0.15) is 0 Å². The van der Waals surface area contributed by atoms with Gasteiger partial charge in [-0.15, -0.1) is 0 Å². The summed E-state index contributed by atoms with van der Waals surface area (Å²) in [4.78, 5) is 38.2. The number of esters is 2. The fraction of sp³-hybridized carbons (Fsp3) is 0.864. The number of amides is 1.